The number of aromatic hydroxyl groups is 1. The second-order valence-corrected chi connectivity index (χ2v) is 5.79. The first-order chi connectivity index (χ1) is 10.6. The molecule has 1 fully saturated rings. The molecule has 1 aromatic heterocycles. The number of carbonyl (C=O) groups excluding carboxylic acids is 1. The van der Waals surface area contributed by atoms with E-state index in [1.807, 2.05) is 0 Å². The third-order valence-corrected chi connectivity index (χ3v) is 4.13. The molecular formula is C17H18O5. The maximum atomic E-state index is 11.9. The molecule has 3 rings (SSSR count). The number of phenolic OH excluding ortho intramolecular Hbond substituents is 1. The first-order valence-electron chi connectivity index (χ1n) is 7.53. The van der Waals surface area contributed by atoms with Crippen LogP contribution in [0.4, 0.5) is 0 Å². The summed E-state index contributed by atoms with van der Waals surface area (Å²) in [5.41, 5.74) is 0.348. The molecule has 1 aromatic carbocycles. The van der Waals surface area contributed by atoms with Crippen molar-refractivity contribution in [3.63, 3.8) is 0 Å². The van der Waals surface area contributed by atoms with Gasteiger partial charge in [-0.25, -0.2) is 4.79 Å². The van der Waals surface area contributed by atoms with Crippen LogP contribution < -0.4 is 5.63 Å². The highest BCUT2D eigenvalue weighted by atomic mass is 16.5. The van der Waals surface area contributed by atoms with Crippen LogP contribution in [0, 0.1) is 5.92 Å². The predicted octanol–water partition coefficient (Wildman–Crippen LogP) is 3.12. The summed E-state index contributed by atoms with van der Waals surface area (Å²) >= 11 is 0. The van der Waals surface area contributed by atoms with Crippen molar-refractivity contribution in [1.29, 1.82) is 0 Å². The van der Waals surface area contributed by atoms with E-state index >= 15 is 0 Å². The van der Waals surface area contributed by atoms with Gasteiger partial charge in [-0.1, -0.05) is 12.8 Å². The van der Waals surface area contributed by atoms with Crippen LogP contribution in [0.5, 0.6) is 5.75 Å². The average Bonchev–Trinajstić information content (AvgIpc) is 2.97. The molecule has 0 bridgehead atoms. The number of benzene rings is 1. The quantitative estimate of drug-likeness (QED) is 0.693. The van der Waals surface area contributed by atoms with E-state index in [4.69, 9.17) is 9.15 Å². The molecule has 5 nitrogen and oxygen atoms in total. The van der Waals surface area contributed by atoms with Gasteiger partial charge in [-0.15, -0.1) is 0 Å². The van der Waals surface area contributed by atoms with E-state index < -0.39 is 5.63 Å². The molecule has 1 heterocycles. The molecule has 22 heavy (non-hydrogen) atoms. The molecule has 0 saturated heterocycles. The zero-order chi connectivity index (χ0) is 15.5. The molecule has 0 radical (unpaired) electrons. The van der Waals surface area contributed by atoms with Crippen LogP contribution in [0.3, 0.4) is 0 Å². The maximum Gasteiger partial charge on any atom is 0.336 e. The fraction of sp³-hybridized carbons (Fsp3) is 0.412. The van der Waals surface area contributed by atoms with Gasteiger partial charge in [0.05, 0.1) is 0 Å². The van der Waals surface area contributed by atoms with Crippen molar-refractivity contribution in [2.75, 3.05) is 0 Å². The van der Waals surface area contributed by atoms with E-state index in [2.05, 4.69) is 0 Å². The number of ether oxygens (including phenoxy) is 1. The van der Waals surface area contributed by atoms with E-state index in [9.17, 15) is 14.7 Å². The second kappa shape index (κ2) is 6.22. The predicted molar refractivity (Wildman–Crippen MR) is 80.5 cm³/mol. The van der Waals surface area contributed by atoms with Gasteiger partial charge in [0.15, 0.2) is 0 Å². The fourth-order valence-electron chi connectivity index (χ4n) is 3.01. The van der Waals surface area contributed by atoms with Gasteiger partial charge in [0.2, 0.25) is 0 Å². The summed E-state index contributed by atoms with van der Waals surface area (Å²) in [4.78, 5) is 23.4. The van der Waals surface area contributed by atoms with Crippen LogP contribution in [0.2, 0.25) is 0 Å². The van der Waals surface area contributed by atoms with E-state index in [1.165, 1.54) is 31.0 Å². The minimum absolute atomic E-state index is 0.0195. The van der Waals surface area contributed by atoms with Crippen molar-refractivity contribution < 1.29 is 19.1 Å². The highest BCUT2D eigenvalue weighted by Crippen LogP contribution is 2.28. The minimum atomic E-state index is -0.528. The monoisotopic (exact) mass is 302 g/mol. The smallest absolute Gasteiger partial charge is 0.336 e. The van der Waals surface area contributed by atoms with Crippen molar-refractivity contribution >= 4 is 16.9 Å². The summed E-state index contributed by atoms with van der Waals surface area (Å²) in [6.45, 7) is 0.0401. The Morgan fingerprint density at radius 3 is 2.82 bits per heavy atom. The average molecular weight is 302 g/mol. The van der Waals surface area contributed by atoms with Crippen molar-refractivity contribution in [2.24, 2.45) is 5.92 Å². The van der Waals surface area contributed by atoms with Crippen molar-refractivity contribution in [2.45, 2.75) is 38.7 Å². The Balaban J connectivity index is 1.73. The largest absolute Gasteiger partial charge is 0.508 e. The molecule has 1 aliphatic rings. The third kappa shape index (κ3) is 3.30. The highest BCUT2D eigenvalue weighted by Gasteiger charge is 2.19. The summed E-state index contributed by atoms with van der Waals surface area (Å²) in [5, 5.41) is 10.1. The topological polar surface area (TPSA) is 76.7 Å². The molecule has 0 atom stereocenters. The van der Waals surface area contributed by atoms with E-state index in [1.54, 1.807) is 6.07 Å². The molecular weight excluding hydrogens is 284 g/mol. The Hall–Kier alpha value is -2.30. The fourth-order valence-corrected chi connectivity index (χ4v) is 3.01. The lowest BCUT2D eigenvalue weighted by atomic mass is 10.0. The lowest BCUT2D eigenvalue weighted by molar-refractivity contribution is -0.146. The van der Waals surface area contributed by atoms with E-state index in [0.717, 1.165) is 12.8 Å². The summed E-state index contributed by atoms with van der Waals surface area (Å²) in [6.07, 6.45) is 5.00. The Bertz CT molecular complexity index is 740. The Kier molecular flexibility index (Phi) is 4.13. The van der Waals surface area contributed by atoms with Gasteiger partial charge in [0.25, 0.3) is 0 Å². The van der Waals surface area contributed by atoms with Crippen LogP contribution in [0.15, 0.2) is 33.5 Å². The molecule has 0 spiro atoms. The first kappa shape index (κ1) is 14.6. The van der Waals surface area contributed by atoms with Crippen LogP contribution in [0.1, 0.15) is 37.7 Å². The standard InChI is InChI=1S/C17H18O5/c18-13-5-6-14-12(8-17(20)22-15(14)9-13)10-21-16(19)7-11-3-1-2-4-11/h5-6,8-9,11,18H,1-4,7,10H2. The zero-order valence-electron chi connectivity index (χ0n) is 12.2. The van der Waals surface area contributed by atoms with Crippen LogP contribution in [0.25, 0.3) is 11.0 Å². The summed E-state index contributed by atoms with van der Waals surface area (Å²) in [6, 6.07) is 5.85. The van der Waals surface area contributed by atoms with Crippen LogP contribution >= 0.6 is 0 Å². The van der Waals surface area contributed by atoms with Gasteiger partial charge in [-0.3, -0.25) is 4.79 Å². The number of hydrogen-bond acceptors (Lipinski definition) is 5. The normalized spacial score (nSPS) is 15.3. The van der Waals surface area contributed by atoms with Gasteiger partial charge < -0.3 is 14.3 Å². The van der Waals surface area contributed by atoms with Crippen molar-refractivity contribution in [3.8, 4) is 5.75 Å². The lowest BCUT2D eigenvalue weighted by Gasteiger charge is -2.10. The second-order valence-electron chi connectivity index (χ2n) is 5.79. The SMILES string of the molecule is O=C(CC1CCCC1)OCc1cc(=O)oc2cc(O)ccc12. The number of fused-ring (bicyclic) bond motifs is 1. The Morgan fingerprint density at radius 2 is 2.05 bits per heavy atom. The van der Waals surface area contributed by atoms with Gasteiger partial charge >= 0.3 is 11.6 Å². The third-order valence-electron chi connectivity index (χ3n) is 4.13. The number of esters is 1. The van der Waals surface area contributed by atoms with Crippen molar-refractivity contribution in [1.82, 2.24) is 0 Å². The maximum absolute atomic E-state index is 11.9. The molecule has 0 aliphatic heterocycles. The summed E-state index contributed by atoms with van der Waals surface area (Å²) in [7, 11) is 0. The first-order valence-corrected chi connectivity index (χ1v) is 7.53. The number of rotatable bonds is 4. The van der Waals surface area contributed by atoms with Crippen LogP contribution in [-0.4, -0.2) is 11.1 Å². The molecule has 5 heteroatoms. The van der Waals surface area contributed by atoms with Gasteiger partial charge in [-0.05, 0) is 30.9 Å². The molecule has 0 amide bonds. The lowest BCUT2D eigenvalue weighted by Crippen LogP contribution is -2.10. The van der Waals surface area contributed by atoms with Gasteiger partial charge in [-0.2, -0.15) is 0 Å². The van der Waals surface area contributed by atoms with Gasteiger partial charge in [0, 0.05) is 29.5 Å². The Morgan fingerprint density at radius 1 is 1.27 bits per heavy atom. The Labute approximate surface area is 127 Å². The highest BCUT2D eigenvalue weighted by molar-refractivity contribution is 5.81. The summed E-state index contributed by atoms with van der Waals surface area (Å²) < 4.78 is 10.3. The van der Waals surface area contributed by atoms with E-state index in [-0.39, 0.29) is 23.9 Å². The minimum Gasteiger partial charge on any atom is -0.508 e. The van der Waals surface area contributed by atoms with Gasteiger partial charge in [0.1, 0.15) is 17.9 Å². The molecule has 2 aromatic rings. The van der Waals surface area contributed by atoms with Crippen LogP contribution in [-0.2, 0) is 16.1 Å². The van der Waals surface area contributed by atoms with Crippen molar-refractivity contribution in [3.05, 3.63) is 40.2 Å². The number of hydrogen-bond donors (Lipinski definition) is 1. The number of carbonyl (C=O) groups is 1. The number of phenols is 1. The zero-order valence-corrected chi connectivity index (χ0v) is 12.2. The molecule has 116 valence electrons. The molecule has 1 N–H and O–H groups in total. The molecule has 0 unspecified atom stereocenters. The van der Waals surface area contributed by atoms with E-state index in [0.29, 0.717) is 23.3 Å². The molecule has 1 saturated carbocycles. The molecule has 1 aliphatic carbocycles. The summed E-state index contributed by atoms with van der Waals surface area (Å²) in [5.74, 6) is 0.222.